The van der Waals surface area contributed by atoms with Gasteiger partial charge in [-0.2, -0.15) is 5.10 Å². The van der Waals surface area contributed by atoms with Crippen LogP contribution in [0.15, 0.2) is 53.6 Å². The maximum atomic E-state index is 12.0. The highest BCUT2D eigenvalue weighted by Gasteiger charge is 2.13. The number of hydrogen-bond acceptors (Lipinski definition) is 5. The van der Waals surface area contributed by atoms with Crippen LogP contribution in [0.1, 0.15) is 38.8 Å². The van der Waals surface area contributed by atoms with Crippen LogP contribution in [-0.4, -0.2) is 35.9 Å². The van der Waals surface area contributed by atoms with Crippen molar-refractivity contribution >= 4 is 17.6 Å². The monoisotopic (exact) mass is 398 g/mol. The molecular formula is C22H26N2O5. The Kier molecular flexibility index (Phi) is 7.36. The van der Waals surface area contributed by atoms with Crippen molar-refractivity contribution in [1.29, 1.82) is 0 Å². The van der Waals surface area contributed by atoms with Crippen molar-refractivity contribution in [2.75, 3.05) is 13.2 Å². The van der Waals surface area contributed by atoms with Gasteiger partial charge >= 0.3 is 5.97 Å². The average Bonchev–Trinajstić information content (AvgIpc) is 2.69. The van der Waals surface area contributed by atoms with E-state index in [4.69, 9.17) is 14.6 Å². The van der Waals surface area contributed by atoms with Crippen LogP contribution in [-0.2, 0) is 15.0 Å². The SMILES string of the molecule is C/C(=N/NC(=O)COc1ccc(C(C)(C)C)cc1)c1ccc(OCC(=O)O)cc1. The van der Waals surface area contributed by atoms with E-state index in [-0.39, 0.29) is 17.9 Å². The Bertz CT molecular complexity index is 866. The zero-order chi connectivity index (χ0) is 21.4. The number of carbonyl (C=O) groups is 2. The van der Waals surface area contributed by atoms with E-state index in [0.29, 0.717) is 17.2 Å². The number of aliphatic carboxylic acids is 1. The van der Waals surface area contributed by atoms with Gasteiger partial charge in [0.15, 0.2) is 13.2 Å². The number of ether oxygens (including phenoxy) is 2. The van der Waals surface area contributed by atoms with Crippen LogP contribution in [0.5, 0.6) is 11.5 Å². The number of rotatable bonds is 8. The number of nitrogens with zero attached hydrogens (tertiary/aromatic N) is 1. The zero-order valence-electron chi connectivity index (χ0n) is 17.1. The molecule has 2 rings (SSSR count). The Morgan fingerprint density at radius 1 is 0.931 bits per heavy atom. The Morgan fingerprint density at radius 3 is 1.97 bits per heavy atom. The summed E-state index contributed by atoms with van der Waals surface area (Å²) in [5.74, 6) is -0.350. The fourth-order valence-corrected chi connectivity index (χ4v) is 2.38. The molecule has 0 spiro atoms. The van der Waals surface area contributed by atoms with Gasteiger partial charge in [-0.05, 0) is 59.9 Å². The molecule has 0 aromatic heterocycles. The van der Waals surface area contributed by atoms with Crippen molar-refractivity contribution < 1.29 is 24.2 Å². The molecule has 0 aliphatic carbocycles. The number of benzene rings is 2. The van der Waals surface area contributed by atoms with Crippen LogP contribution in [0.3, 0.4) is 0 Å². The molecule has 2 aromatic carbocycles. The summed E-state index contributed by atoms with van der Waals surface area (Å²) in [4.78, 5) is 22.5. The highest BCUT2D eigenvalue weighted by atomic mass is 16.5. The van der Waals surface area contributed by atoms with E-state index in [1.807, 2.05) is 24.3 Å². The van der Waals surface area contributed by atoms with Gasteiger partial charge in [-0.15, -0.1) is 0 Å². The van der Waals surface area contributed by atoms with Gasteiger partial charge in [0.25, 0.3) is 5.91 Å². The second-order valence-electron chi connectivity index (χ2n) is 7.50. The molecule has 0 bridgehead atoms. The molecule has 7 nitrogen and oxygen atoms in total. The van der Waals surface area contributed by atoms with Crippen molar-refractivity contribution in [2.45, 2.75) is 33.1 Å². The number of hydrogen-bond donors (Lipinski definition) is 2. The number of amides is 1. The molecule has 0 atom stereocenters. The van der Waals surface area contributed by atoms with Gasteiger partial charge in [-0.1, -0.05) is 32.9 Å². The van der Waals surface area contributed by atoms with Gasteiger partial charge in [0.05, 0.1) is 5.71 Å². The zero-order valence-corrected chi connectivity index (χ0v) is 17.1. The molecule has 0 aliphatic heterocycles. The number of carboxylic acids is 1. The molecule has 2 N–H and O–H groups in total. The largest absolute Gasteiger partial charge is 0.484 e. The summed E-state index contributed by atoms with van der Waals surface area (Å²) in [5, 5.41) is 12.7. The van der Waals surface area contributed by atoms with Crippen molar-refractivity contribution in [3.63, 3.8) is 0 Å². The molecule has 2 aromatic rings. The predicted molar refractivity (Wildman–Crippen MR) is 111 cm³/mol. The Balaban J connectivity index is 1.84. The Morgan fingerprint density at radius 2 is 1.45 bits per heavy atom. The van der Waals surface area contributed by atoms with Gasteiger partial charge in [0, 0.05) is 0 Å². The van der Waals surface area contributed by atoms with Crippen molar-refractivity contribution in [3.05, 3.63) is 59.7 Å². The molecule has 0 unspecified atom stereocenters. The van der Waals surface area contributed by atoms with E-state index in [2.05, 4.69) is 31.3 Å². The first kappa shape index (κ1) is 21.9. The number of hydrazone groups is 1. The van der Waals surface area contributed by atoms with Gasteiger partial charge in [-0.3, -0.25) is 4.79 Å². The highest BCUT2D eigenvalue weighted by Crippen LogP contribution is 2.24. The first-order valence-electron chi connectivity index (χ1n) is 9.16. The van der Waals surface area contributed by atoms with Crippen LogP contribution in [0.25, 0.3) is 0 Å². The molecule has 1 amide bonds. The molecule has 0 heterocycles. The number of nitrogens with one attached hydrogen (secondary N) is 1. The number of carbonyl (C=O) groups excluding carboxylic acids is 1. The first-order valence-corrected chi connectivity index (χ1v) is 9.16. The highest BCUT2D eigenvalue weighted by molar-refractivity contribution is 5.99. The lowest BCUT2D eigenvalue weighted by Gasteiger charge is -2.19. The minimum Gasteiger partial charge on any atom is -0.484 e. The summed E-state index contributed by atoms with van der Waals surface area (Å²) >= 11 is 0. The first-order chi connectivity index (χ1) is 13.6. The molecule has 0 saturated heterocycles. The minimum atomic E-state index is -1.04. The molecule has 154 valence electrons. The van der Waals surface area contributed by atoms with E-state index < -0.39 is 12.6 Å². The lowest BCUT2D eigenvalue weighted by Crippen LogP contribution is -2.25. The fourth-order valence-electron chi connectivity index (χ4n) is 2.38. The molecule has 0 fully saturated rings. The average molecular weight is 398 g/mol. The molecular weight excluding hydrogens is 372 g/mol. The molecule has 0 radical (unpaired) electrons. The normalized spacial score (nSPS) is 11.7. The topological polar surface area (TPSA) is 97.2 Å². The van der Waals surface area contributed by atoms with Crippen LogP contribution < -0.4 is 14.9 Å². The summed E-state index contributed by atoms with van der Waals surface area (Å²) < 4.78 is 10.6. The second-order valence-corrected chi connectivity index (χ2v) is 7.50. The summed E-state index contributed by atoms with van der Waals surface area (Å²) in [5.41, 5.74) is 5.07. The fraction of sp³-hybridized carbons (Fsp3) is 0.318. The van der Waals surface area contributed by atoms with Gasteiger partial charge < -0.3 is 14.6 Å². The second kappa shape index (κ2) is 9.73. The van der Waals surface area contributed by atoms with E-state index >= 15 is 0 Å². The third-order valence-corrected chi connectivity index (χ3v) is 4.07. The molecule has 29 heavy (non-hydrogen) atoms. The predicted octanol–water partition coefficient (Wildman–Crippen LogP) is 3.37. The van der Waals surface area contributed by atoms with E-state index in [1.165, 1.54) is 5.56 Å². The quantitative estimate of drug-likeness (QED) is 0.525. The van der Waals surface area contributed by atoms with Crippen molar-refractivity contribution in [1.82, 2.24) is 5.43 Å². The van der Waals surface area contributed by atoms with Crippen molar-refractivity contribution in [2.24, 2.45) is 5.10 Å². The van der Waals surface area contributed by atoms with Crippen LogP contribution in [0, 0.1) is 0 Å². The summed E-state index contributed by atoms with van der Waals surface area (Å²) in [6, 6.07) is 14.4. The smallest absolute Gasteiger partial charge is 0.341 e. The van der Waals surface area contributed by atoms with Crippen molar-refractivity contribution in [3.8, 4) is 11.5 Å². The van der Waals surface area contributed by atoms with E-state index in [0.717, 1.165) is 5.56 Å². The van der Waals surface area contributed by atoms with Gasteiger partial charge in [0.2, 0.25) is 0 Å². The maximum Gasteiger partial charge on any atom is 0.341 e. The Labute approximate surface area is 170 Å². The van der Waals surface area contributed by atoms with Crippen LogP contribution >= 0.6 is 0 Å². The molecule has 0 saturated carbocycles. The minimum absolute atomic E-state index is 0.0583. The third-order valence-electron chi connectivity index (χ3n) is 4.07. The summed E-state index contributed by atoms with van der Waals surface area (Å²) in [7, 11) is 0. The summed E-state index contributed by atoms with van der Waals surface area (Å²) in [6.45, 7) is 7.60. The van der Waals surface area contributed by atoms with Crippen LogP contribution in [0.2, 0.25) is 0 Å². The molecule has 0 aliphatic rings. The Hall–Kier alpha value is -3.35. The maximum absolute atomic E-state index is 12.0. The van der Waals surface area contributed by atoms with E-state index in [1.54, 1.807) is 31.2 Å². The van der Waals surface area contributed by atoms with E-state index in [9.17, 15) is 9.59 Å². The van der Waals surface area contributed by atoms with Gasteiger partial charge in [0.1, 0.15) is 11.5 Å². The standard InChI is InChI=1S/C22H26N2O5/c1-15(16-5-9-18(10-6-16)29-14-21(26)27)23-24-20(25)13-28-19-11-7-17(8-12-19)22(2,3)4/h5-12H,13-14H2,1-4H3,(H,24,25)(H,26,27)/b23-15-. The lowest BCUT2D eigenvalue weighted by molar-refractivity contribution is -0.139. The third kappa shape index (κ3) is 7.29. The van der Waals surface area contributed by atoms with Crippen LogP contribution in [0.4, 0.5) is 0 Å². The van der Waals surface area contributed by atoms with Gasteiger partial charge in [-0.25, -0.2) is 10.2 Å². The molecule has 7 heteroatoms. The lowest BCUT2D eigenvalue weighted by atomic mass is 9.87. The summed E-state index contributed by atoms with van der Waals surface area (Å²) in [6.07, 6.45) is 0. The number of carboxylic acid groups (broad SMARTS) is 1.